The monoisotopic (exact) mass is 326 g/mol. The van der Waals surface area contributed by atoms with Crippen molar-refractivity contribution in [3.8, 4) is 11.5 Å². The van der Waals surface area contributed by atoms with E-state index in [1.165, 1.54) is 51.4 Å². The molecule has 0 spiro atoms. The molecule has 1 aliphatic heterocycles. The van der Waals surface area contributed by atoms with Gasteiger partial charge in [0, 0.05) is 0 Å². The SMILES string of the molecule is CCCCCCCCCCCc1cccc2c1OS(=O)(=O)O2. The van der Waals surface area contributed by atoms with Crippen LogP contribution in [0.25, 0.3) is 0 Å². The number of benzene rings is 1. The molecule has 0 aromatic heterocycles. The molecule has 1 aliphatic rings. The van der Waals surface area contributed by atoms with Crippen LogP contribution in [-0.2, 0) is 16.8 Å². The van der Waals surface area contributed by atoms with Crippen molar-refractivity contribution in [1.82, 2.24) is 0 Å². The molecule has 0 saturated heterocycles. The minimum Gasteiger partial charge on any atom is -0.349 e. The second-order valence-electron chi connectivity index (χ2n) is 5.90. The maximum Gasteiger partial charge on any atom is 0.501 e. The molecule has 0 atom stereocenters. The highest BCUT2D eigenvalue weighted by Crippen LogP contribution is 2.39. The van der Waals surface area contributed by atoms with Gasteiger partial charge in [0.2, 0.25) is 0 Å². The number of hydrogen-bond acceptors (Lipinski definition) is 4. The lowest BCUT2D eigenvalue weighted by Gasteiger charge is -2.05. The quantitative estimate of drug-likeness (QED) is 0.581. The van der Waals surface area contributed by atoms with Crippen molar-refractivity contribution in [2.75, 3.05) is 0 Å². The standard InChI is InChI=1S/C17H26O4S/c1-2-3-4-5-6-7-8-9-10-12-15-13-11-14-16-17(15)21-22(18,19)20-16/h11,13-14H,2-10,12H2,1H3. The van der Waals surface area contributed by atoms with Crippen LogP contribution in [0.3, 0.4) is 0 Å². The molecule has 22 heavy (non-hydrogen) atoms. The van der Waals surface area contributed by atoms with Crippen LogP contribution in [0.5, 0.6) is 11.5 Å². The van der Waals surface area contributed by atoms with E-state index in [-0.39, 0.29) is 0 Å². The van der Waals surface area contributed by atoms with Gasteiger partial charge in [0.15, 0.2) is 11.5 Å². The Labute approximate surface area is 134 Å². The molecule has 0 saturated carbocycles. The summed E-state index contributed by atoms with van der Waals surface area (Å²) in [6.45, 7) is 2.24. The first-order valence-electron chi connectivity index (χ1n) is 8.38. The van der Waals surface area contributed by atoms with Gasteiger partial charge in [-0.15, -0.1) is 8.42 Å². The summed E-state index contributed by atoms with van der Waals surface area (Å²) in [4.78, 5) is 0. The zero-order chi connectivity index (χ0) is 15.8. The maximum atomic E-state index is 11.3. The van der Waals surface area contributed by atoms with Crippen molar-refractivity contribution in [3.05, 3.63) is 23.8 Å². The summed E-state index contributed by atoms with van der Waals surface area (Å²) >= 11 is 0. The lowest BCUT2D eigenvalue weighted by Crippen LogP contribution is -2.08. The minimum atomic E-state index is -3.88. The molecule has 0 amide bonds. The van der Waals surface area contributed by atoms with Crippen LogP contribution in [0.15, 0.2) is 18.2 Å². The fourth-order valence-corrected chi connectivity index (χ4v) is 3.55. The van der Waals surface area contributed by atoms with Crippen LogP contribution in [-0.4, -0.2) is 8.42 Å². The van der Waals surface area contributed by atoms with Crippen molar-refractivity contribution < 1.29 is 16.8 Å². The normalized spacial score (nSPS) is 15.1. The summed E-state index contributed by atoms with van der Waals surface area (Å²) in [5.74, 6) is 0.690. The first-order valence-corrected chi connectivity index (χ1v) is 9.71. The van der Waals surface area contributed by atoms with E-state index in [0.717, 1.165) is 18.4 Å². The molecule has 1 aromatic rings. The van der Waals surface area contributed by atoms with Crippen molar-refractivity contribution in [3.63, 3.8) is 0 Å². The molecule has 0 radical (unpaired) electrons. The Bertz CT molecular complexity index is 566. The third kappa shape index (κ3) is 5.20. The maximum absolute atomic E-state index is 11.3. The average Bonchev–Trinajstić information content (AvgIpc) is 2.80. The molecule has 4 nitrogen and oxygen atoms in total. The van der Waals surface area contributed by atoms with Crippen LogP contribution < -0.4 is 8.37 Å². The molecule has 1 heterocycles. The van der Waals surface area contributed by atoms with E-state index in [2.05, 4.69) is 6.92 Å². The van der Waals surface area contributed by atoms with Crippen LogP contribution in [0.2, 0.25) is 0 Å². The van der Waals surface area contributed by atoms with Gasteiger partial charge in [0.05, 0.1) is 0 Å². The molecule has 0 N–H and O–H groups in total. The molecule has 124 valence electrons. The third-order valence-electron chi connectivity index (χ3n) is 3.99. The highest BCUT2D eigenvalue weighted by molar-refractivity contribution is 7.82. The molecule has 0 fully saturated rings. The van der Waals surface area contributed by atoms with Crippen LogP contribution in [0, 0.1) is 0 Å². The van der Waals surface area contributed by atoms with E-state index in [4.69, 9.17) is 8.37 Å². The van der Waals surface area contributed by atoms with Gasteiger partial charge in [-0.2, -0.15) is 0 Å². The Morgan fingerprint density at radius 2 is 1.50 bits per heavy atom. The van der Waals surface area contributed by atoms with Crippen molar-refractivity contribution in [2.45, 2.75) is 71.1 Å². The van der Waals surface area contributed by atoms with Gasteiger partial charge in [-0.1, -0.05) is 70.4 Å². The van der Waals surface area contributed by atoms with E-state index in [9.17, 15) is 8.42 Å². The summed E-state index contributed by atoms with van der Waals surface area (Å²) < 4.78 is 32.3. The van der Waals surface area contributed by atoms with Gasteiger partial charge in [-0.05, 0) is 24.5 Å². The van der Waals surface area contributed by atoms with Gasteiger partial charge < -0.3 is 8.37 Å². The van der Waals surface area contributed by atoms with Gasteiger partial charge in [0.25, 0.3) is 0 Å². The van der Waals surface area contributed by atoms with Crippen LogP contribution in [0.1, 0.15) is 70.3 Å². The zero-order valence-corrected chi connectivity index (χ0v) is 14.2. The van der Waals surface area contributed by atoms with Gasteiger partial charge in [-0.3, -0.25) is 0 Å². The molecular weight excluding hydrogens is 300 g/mol. The Morgan fingerprint density at radius 3 is 2.18 bits per heavy atom. The highest BCUT2D eigenvalue weighted by Gasteiger charge is 2.30. The predicted molar refractivity (Wildman–Crippen MR) is 87.5 cm³/mol. The van der Waals surface area contributed by atoms with Crippen molar-refractivity contribution >= 4 is 10.4 Å². The molecule has 2 rings (SSSR count). The van der Waals surface area contributed by atoms with Gasteiger partial charge in [0.1, 0.15) is 0 Å². The first kappa shape index (κ1) is 17.1. The molecular formula is C17H26O4S. The highest BCUT2D eigenvalue weighted by atomic mass is 32.3. The Kier molecular flexibility index (Phi) is 6.55. The number of rotatable bonds is 10. The second-order valence-corrected chi connectivity index (χ2v) is 7.05. The van der Waals surface area contributed by atoms with Crippen molar-refractivity contribution in [2.24, 2.45) is 0 Å². The number of hydrogen-bond donors (Lipinski definition) is 0. The topological polar surface area (TPSA) is 52.6 Å². The predicted octanol–water partition coefficient (Wildman–Crippen LogP) is 4.78. The van der Waals surface area contributed by atoms with Gasteiger partial charge in [-0.25, -0.2) is 0 Å². The van der Waals surface area contributed by atoms with E-state index >= 15 is 0 Å². The second kappa shape index (κ2) is 8.42. The fourth-order valence-electron chi connectivity index (χ4n) is 2.77. The van der Waals surface area contributed by atoms with Crippen LogP contribution in [0.4, 0.5) is 0 Å². The largest absolute Gasteiger partial charge is 0.501 e. The van der Waals surface area contributed by atoms with E-state index in [1.807, 2.05) is 12.1 Å². The summed E-state index contributed by atoms with van der Waals surface area (Å²) in [6.07, 6.45) is 12.3. The fraction of sp³-hybridized carbons (Fsp3) is 0.647. The molecule has 5 heteroatoms. The average molecular weight is 326 g/mol. The third-order valence-corrected chi connectivity index (χ3v) is 4.74. The summed E-state index contributed by atoms with van der Waals surface area (Å²) in [7, 11) is -3.88. The summed E-state index contributed by atoms with van der Waals surface area (Å²) in [6, 6.07) is 5.35. The summed E-state index contributed by atoms with van der Waals surface area (Å²) in [5.41, 5.74) is 0.918. The first-order chi connectivity index (χ1) is 10.6. The summed E-state index contributed by atoms with van der Waals surface area (Å²) in [5, 5.41) is 0. The smallest absolute Gasteiger partial charge is 0.349 e. The lowest BCUT2D eigenvalue weighted by molar-refractivity contribution is 0.435. The number of fused-ring (bicyclic) bond motifs is 1. The molecule has 1 aromatic carbocycles. The minimum absolute atomic E-state index is 0.313. The van der Waals surface area contributed by atoms with Crippen LogP contribution >= 0.6 is 0 Å². The number of unbranched alkanes of at least 4 members (excludes halogenated alkanes) is 8. The Hall–Kier alpha value is -1.23. The molecule has 0 unspecified atom stereocenters. The van der Waals surface area contributed by atoms with Crippen molar-refractivity contribution in [1.29, 1.82) is 0 Å². The van der Waals surface area contributed by atoms with E-state index in [0.29, 0.717) is 11.5 Å². The van der Waals surface area contributed by atoms with E-state index < -0.39 is 10.4 Å². The lowest BCUT2D eigenvalue weighted by atomic mass is 10.0. The molecule has 0 aliphatic carbocycles. The number of aryl methyl sites for hydroxylation is 1. The number of para-hydroxylation sites is 1. The molecule has 0 bridgehead atoms. The van der Waals surface area contributed by atoms with Gasteiger partial charge >= 0.3 is 10.4 Å². The van der Waals surface area contributed by atoms with E-state index in [1.54, 1.807) is 6.07 Å². The Balaban J connectivity index is 1.66. The zero-order valence-electron chi connectivity index (χ0n) is 13.3. The Morgan fingerprint density at radius 1 is 0.864 bits per heavy atom.